The first kappa shape index (κ1) is 21.6. The van der Waals surface area contributed by atoms with Gasteiger partial charge in [-0.1, -0.05) is 30.3 Å². The smallest absolute Gasteiger partial charge is 0.226 e. The minimum Gasteiger partial charge on any atom is -0.497 e. The number of methoxy groups -OCH3 is 1. The summed E-state index contributed by atoms with van der Waals surface area (Å²) in [6.45, 7) is 1.12. The Morgan fingerprint density at radius 3 is 2.62 bits per heavy atom. The number of nitrogens with one attached hydrogen (secondary N) is 1. The highest BCUT2D eigenvalue weighted by atomic mass is 16.5. The Kier molecular flexibility index (Phi) is 4.96. The summed E-state index contributed by atoms with van der Waals surface area (Å²) in [5.41, 5.74) is 6.72. The first-order chi connectivity index (χ1) is 18.2. The standard InChI is InChI=1S/C30H24N4O3/c1-36-22-9-6-18(7-10-22)21-15-31-30(32-16-21)34-17-24-27(33-25-5-3-2-4-23(25)29(24)35)28(34)20-8-11-26-19(14-20)12-13-37-26/h2-11,14-16,28H,12-13,17H2,1H3,(H,33,35). The molecule has 37 heavy (non-hydrogen) atoms. The number of benzene rings is 3. The molecule has 0 fully saturated rings. The third-order valence-electron chi connectivity index (χ3n) is 7.30. The summed E-state index contributed by atoms with van der Waals surface area (Å²) in [7, 11) is 1.65. The average molecular weight is 489 g/mol. The Hall–Kier alpha value is -4.65. The van der Waals surface area contributed by atoms with Gasteiger partial charge in [-0.3, -0.25) is 4.79 Å². The minimum absolute atomic E-state index is 0.0520. The third kappa shape index (κ3) is 3.54. The Morgan fingerprint density at radius 2 is 1.81 bits per heavy atom. The number of hydrogen-bond acceptors (Lipinski definition) is 6. The summed E-state index contributed by atoms with van der Waals surface area (Å²) in [4.78, 5) is 28.7. The summed E-state index contributed by atoms with van der Waals surface area (Å²) in [6, 6.07) is 21.6. The van der Waals surface area contributed by atoms with Gasteiger partial charge in [-0.15, -0.1) is 0 Å². The lowest BCUT2D eigenvalue weighted by molar-refractivity contribution is 0.357. The number of para-hydroxylation sites is 1. The molecule has 4 heterocycles. The van der Waals surface area contributed by atoms with Crippen molar-refractivity contribution >= 4 is 16.9 Å². The Balaban J connectivity index is 1.33. The molecule has 2 aromatic heterocycles. The summed E-state index contributed by atoms with van der Waals surface area (Å²) in [5.74, 6) is 2.31. The maximum atomic E-state index is 13.5. The number of H-pyrrole nitrogens is 1. The molecule has 3 aromatic carbocycles. The molecular weight excluding hydrogens is 464 g/mol. The van der Waals surface area contributed by atoms with E-state index in [9.17, 15) is 4.79 Å². The number of rotatable bonds is 4. The molecule has 0 aliphatic carbocycles. The number of aromatic amines is 1. The summed E-state index contributed by atoms with van der Waals surface area (Å²) in [5, 5.41) is 0.694. The van der Waals surface area contributed by atoms with Crippen molar-refractivity contribution in [1.29, 1.82) is 0 Å². The fourth-order valence-electron chi connectivity index (χ4n) is 5.41. The molecular formula is C30H24N4O3. The van der Waals surface area contributed by atoms with Gasteiger partial charge in [0.15, 0.2) is 5.43 Å². The van der Waals surface area contributed by atoms with Crippen LogP contribution in [0.15, 0.2) is 83.9 Å². The van der Waals surface area contributed by atoms with Gasteiger partial charge in [0.25, 0.3) is 0 Å². The average Bonchev–Trinajstić information content (AvgIpc) is 3.58. The van der Waals surface area contributed by atoms with E-state index in [1.165, 1.54) is 5.56 Å². The molecule has 1 N–H and O–H groups in total. The molecule has 0 bridgehead atoms. The van der Waals surface area contributed by atoms with Crippen LogP contribution in [-0.2, 0) is 13.0 Å². The Morgan fingerprint density at radius 1 is 1.00 bits per heavy atom. The minimum atomic E-state index is -0.218. The van der Waals surface area contributed by atoms with Gasteiger partial charge in [0.05, 0.1) is 32.0 Å². The molecule has 182 valence electrons. The van der Waals surface area contributed by atoms with Gasteiger partial charge in [0.2, 0.25) is 5.95 Å². The second-order valence-corrected chi connectivity index (χ2v) is 9.39. The lowest BCUT2D eigenvalue weighted by Gasteiger charge is -2.26. The second kappa shape index (κ2) is 8.48. The number of pyridine rings is 1. The van der Waals surface area contributed by atoms with E-state index >= 15 is 0 Å². The molecule has 1 atom stereocenters. The maximum absolute atomic E-state index is 13.5. The molecule has 7 nitrogen and oxygen atoms in total. The van der Waals surface area contributed by atoms with E-state index < -0.39 is 0 Å². The number of ether oxygens (including phenoxy) is 2. The van der Waals surface area contributed by atoms with Gasteiger partial charge >= 0.3 is 0 Å². The van der Waals surface area contributed by atoms with Crippen molar-refractivity contribution < 1.29 is 9.47 Å². The van der Waals surface area contributed by atoms with Gasteiger partial charge < -0.3 is 19.4 Å². The van der Waals surface area contributed by atoms with Crippen molar-refractivity contribution in [1.82, 2.24) is 15.0 Å². The van der Waals surface area contributed by atoms with Crippen LogP contribution in [0.25, 0.3) is 22.0 Å². The van der Waals surface area contributed by atoms with Gasteiger partial charge in [-0.05, 0) is 53.1 Å². The SMILES string of the molecule is COc1ccc(-c2cnc(N3Cc4c([nH]c5ccccc5c4=O)C3c3ccc4c(c3)CCO4)nc2)cc1. The zero-order valence-electron chi connectivity index (χ0n) is 20.3. The van der Waals surface area contributed by atoms with Gasteiger partial charge in [-0.25, -0.2) is 9.97 Å². The van der Waals surface area contributed by atoms with E-state index in [4.69, 9.17) is 19.4 Å². The van der Waals surface area contributed by atoms with Crippen molar-refractivity contribution in [2.75, 3.05) is 18.6 Å². The van der Waals surface area contributed by atoms with Crippen LogP contribution in [0, 0.1) is 0 Å². The van der Waals surface area contributed by atoms with Crippen molar-refractivity contribution in [3.05, 3.63) is 112 Å². The summed E-state index contributed by atoms with van der Waals surface area (Å²) < 4.78 is 11.0. The monoisotopic (exact) mass is 488 g/mol. The van der Waals surface area contributed by atoms with Crippen molar-refractivity contribution in [2.45, 2.75) is 19.0 Å². The highest BCUT2D eigenvalue weighted by Gasteiger charge is 2.36. The predicted molar refractivity (Wildman–Crippen MR) is 142 cm³/mol. The first-order valence-electron chi connectivity index (χ1n) is 12.3. The predicted octanol–water partition coefficient (Wildman–Crippen LogP) is 5.04. The van der Waals surface area contributed by atoms with Crippen LogP contribution < -0.4 is 19.8 Å². The molecule has 7 rings (SSSR count). The molecule has 7 heteroatoms. The number of fused-ring (bicyclic) bond motifs is 3. The lowest BCUT2D eigenvalue weighted by Crippen LogP contribution is -2.25. The molecule has 2 aliphatic heterocycles. The topological polar surface area (TPSA) is 80.3 Å². The van der Waals surface area contributed by atoms with Gasteiger partial charge in [-0.2, -0.15) is 0 Å². The van der Waals surface area contributed by atoms with Crippen LogP contribution in [0.3, 0.4) is 0 Å². The van der Waals surface area contributed by atoms with Gasteiger partial charge in [0, 0.05) is 40.8 Å². The molecule has 0 saturated heterocycles. The van der Waals surface area contributed by atoms with Crippen LogP contribution >= 0.6 is 0 Å². The number of aromatic nitrogens is 3. The quantitative estimate of drug-likeness (QED) is 0.382. The summed E-state index contributed by atoms with van der Waals surface area (Å²) in [6.07, 6.45) is 4.54. The molecule has 2 aliphatic rings. The van der Waals surface area contributed by atoms with E-state index in [2.05, 4.69) is 22.0 Å². The van der Waals surface area contributed by atoms with Crippen LogP contribution in [0.4, 0.5) is 5.95 Å². The third-order valence-corrected chi connectivity index (χ3v) is 7.30. The number of hydrogen-bond donors (Lipinski definition) is 1. The molecule has 5 aromatic rings. The zero-order chi connectivity index (χ0) is 24.9. The molecule has 0 amide bonds. The molecule has 0 radical (unpaired) electrons. The second-order valence-electron chi connectivity index (χ2n) is 9.39. The van der Waals surface area contributed by atoms with E-state index in [-0.39, 0.29) is 11.5 Å². The fourth-order valence-corrected chi connectivity index (χ4v) is 5.41. The van der Waals surface area contributed by atoms with Crippen molar-refractivity contribution in [3.63, 3.8) is 0 Å². The van der Waals surface area contributed by atoms with Crippen molar-refractivity contribution in [2.24, 2.45) is 0 Å². The Labute approximate surface area is 213 Å². The van der Waals surface area contributed by atoms with Gasteiger partial charge in [0.1, 0.15) is 11.5 Å². The number of anilines is 1. The van der Waals surface area contributed by atoms with Crippen LogP contribution in [0.1, 0.15) is 28.4 Å². The first-order valence-corrected chi connectivity index (χ1v) is 12.3. The normalized spacial score (nSPS) is 15.9. The summed E-state index contributed by atoms with van der Waals surface area (Å²) >= 11 is 0. The van der Waals surface area contributed by atoms with E-state index in [0.717, 1.165) is 51.4 Å². The Bertz CT molecular complexity index is 1690. The maximum Gasteiger partial charge on any atom is 0.226 e. The molecule has 0 spiro atoms. The van der Waals surface area contributed by atoms with Crippen LogP contribution in [0.2, 0.25) is 0 Å². The van der Waals surface area contributed by atoms with E-state index in [1.807, 2.05) is 67.0 Å². The highest BCUT2D eigenvalue weighted by molar-refractivity contribution is 5.80. The van der Waals surface area contributed by atoms with Crippen LogP contribution in [-0.4, -0.2) is 28.7 Å². The molecule has 0 saturated carbocycles. The van der Waals surface area contributed by atoms with Crippen LogP contribution in [0.5, 0.6) is 11.5 Å². The zero-order valence-corrected chi connectivity index (χ0v) is 20.3. The molecule has 1 unspecified atom stereocenters. The number of nitrogens with zero attached hydrogens (tertiary/aromatic N) is 3. The van der Waals surface area contributed by atoms with Crippen molar-refractivity contribution in [3.8, 4) is 22.6 Å². The highest BCUT2D eigenvalue weighted by Crippen LogP contribution is 2.41. The van der Waals surface area contributed by atoms with E-state index in [1.54, 1.807) is 7.11 Å². The van der Waals surface area contributed by atoms with E-state index in [0.29, 0.717) is 24.5 Å². The fraction of sp³-hybridized carbons (Fsp3) is 0.167. The largest absolute Gasteiger partial charge is 0.497 e. The lowest BCUT2D eigenvalue weighted by atomic mass is 9.98.